The molecule has 2 aliphatic carbocycles. The Morgan fingerprint density at radius 1 is 0.375 bits per heavy atom. The van der Waals surface area contributed by atoms with Crippen LogP contribution in [0.5, 0.6) is 0 Å². The van der Waals surface area contributed by atoms with E-state index in [4.69, 9.17) is 0 Å². The van der Waals surface area contributed by atoms with Crippen LogP contribution >= 0.6 is 0 Å². The average molecular weight is 931 g/mol. The van der Waals surface area contributed by atoms with Gasteiger partial charge in [-0.05, 0) is 166 Å². The molecular formula is C69H63BN2. The highest BCUT2D eigenvalue weighted by molar-refractivity contribution is 7.00. The molecule has 13 rings (SSSR count). The van der Waals surface area contributed by atoms with Gasteiger partial charge >= 0.3 is 0 Å². The minimum Gasteiger partial charge on any atom is -0.311 e. The topological polar surface area (TPSA) is 6.48 Å². The maximum atomic E-state index is 2.58. The lowest BCUT2D eigenvalue weighted by molar-refractivity contribution is 0.590. The molecule has 0 amide bonds. The molecule has 352 valence electrons. The molecule has 0 radical (unpaired) electrons. The lowest BCUT2D eigenvalue weighted by atomic mass is 9.33. The third-order valence-electron chi connectivity index (χ3n) is 17.0. The van der Waals surface area contributed by atoms with Crippen molar-refractivity contribution < 1.29 is 0 Å². The Balaban J connectivity index is 0.989. The van der Waals surface area contributed by atoms with Gasteiger partial charge in [-0.2, -0.15) is 0 Å². The van der Waals surface area contributed by atoms with E-state index in [-0.39, 0.29) is 28.4 Å². The van der Waals surface area contributed by atoms with Gasteiger partial charge in [0.05, 0.1) is 0 Å². The van der Waals surface area contributed by atoms with E-state index >= 15 is 0 Å². The summed E-state index contributed by atoms with van der Waals surface area (Å²) in [5, 5.41) is 0. The van der Waals surface area contributed by atoms with Crippen molar-refractivity contribution in [3.05, 3.63) is 221 Å². The molecule has 0 saturated carbocycles. The van der Waals surface area contributed by atoms with E-state index in [1.165, 1.54) is 123 Å². The van der Waals surface area contributed by atoms with Crippen molar-refractivity contribution in [2.24, 2.45) is 0 Å². The van der Waals surface area contributed by atoms with Crippen LogP contribution in [0.4, 0.5) is 34.1 Å². The largest absolute Gasteiger partial charge is 0.311 e. The molecule has 72 heavy (non-hydrogen) atoms. The van der Waals surface area contributed by atoms with E-state index in [1.54, 1.807) is 0 Å². The number of nitrogens with zero attached hydrogens (tertiary/aromatic N) is 2. The molecule has 9 aromatic rings. The van der Waals surface area contributed by atoms with E-state index in [1.807, 2.05) is 0 Å². The minimum atomic E-state index is -0.105. The Bertz CT molecular complexity index is 3730. The molecule has 9 aromatic carbocycles. The van der Waals surface area contributed by atoms with Crippen LogP contribution in [0.2, 0.25) is 0 Å². The summed E-state index contributed by atoms with van der Waals surface area (Å²) in [6, 6.07) is 70.1. The van der Waals surface area contributed by atoms with Crippen LogP contribution in [0.1, 0.15) is 108 Å². The Labute approximate surface area is 428 Å². The normalized spacial score (nSPS) is 15.3. The van der Waals surface area contributed by atoms with E-state index in [9.17, 15) is 0 Å². The molecule has 0 fully saturated rings. The first-order chi connectivity index (χ1) is 34.4. The van der Waals surface area contributed by atoms with Gasteiger partial charge in [0.25, 0.3) is 6.71 Å². The Kier molecular flexibility index (Phi) is 9.49. The summed E-state index contributed by atoms with van der Waals surface area (Å²) >= 11 is 0. The second-order valence-corrected chi connectivity index (χ2v) is 24.3. The van der Waals surface area contributed by atoms with Crippen molar-refractivity contribution in [3.63, 3.8) is 0 Å². The first-order valence-corrected chi connectivity index (χ1v) is 26.1. The van der Waals surface area contributed by atoms with E-state index in [2.05, 4.69) is 268 Å². The summed E-state index contributed by atoms with van der Waals surface area (Å²) in [5.74, 6) is 0. The zero-order chi connectivity index (χ0) is 49.8. The molecule has 0 saturated heterocycles. The summed E-state index contributed by atoms with van der Waals surface area (Å²) in [6.07, 6.45) is 0. The fourth-order valence-corrected chi connectivity index (χ4v) is 13.4. The summed E-state index contributed by atoms with van der Waals surface area (Å²) in [6.45, 7) is 25.9. The van der Waals surface area contributed by atoms with Crippen LogP contribution in [0.3, 0.4) is 0 Å². The number of anilines is 6. The van der Waals surface area contributed by atoms with Crippen molar-refractivity contribution in [1.29, 1.82) is 0 Å². The molecule has 0 aromatic heterocycles. The fourth-order valence-electron chi connectivity index (χ4n) is 13.4. The van der Waals surface area contributed by atoms with E-state index in [0.29, 0.717) is 0 Å². The van der Waals surface area contributed by atoms with E-state index < -0.39 is 0 Å². The summed E-state index contributed by atoms with van der Waals surface area (Å²) < 4.78 is 0. The molecule has 2 heterocycles. The van der Waals surface area contributed by atoms with Crippen molar-refractivity contribution in [1.82, 2.24) is 0 Å². The van der Waals surface area contributed by atoms with Gasteiger partial charge < -0.3 is 9.80 Å². The molecular weight excluding hydrogens is 868 g/mol. The van der Waals surface area contributed by atoms with Gasteiger partial charge in [0.1, 0.15) is 0 Å². The Morgan fingerprint density at radius 3 is 1.31 bits per heavy atom. The van der Waals surface area contributed by atoms with Gasteiger partial charge in [-0.15, -0.1) is 0 Å². The van der Waals surface area contributed by atoms with Gasteiger partial charge in [0, 0.05) is 45.0 Å². The van der Waals surface area contributed by atoms with Crippen LogP contribution in [-0.4, -0.2) is 6.71 Å². The van der Waals surface area contributed by atoms with Crippen LogP contribution in [0, 0.1) is 6.92 Å². The minimum absolute atomic E-state index is 0.0283. The highest BCUT2D eigenvalue weighted by Gasteiger charge is 2.45. The molecule has 2 aliphatic heterocycles. The van der Waals surface area contributed by atoms with Crippen molar-refractivity contribution in [2.75, 3.05) is 9.80 Å². The number of aryl methyl sites for hydroxylation is 1. The monoisotopic (exact) mass is 931 g/mol. The lowest BCUT2D eigenvalue weighted by Gasteiger charge is -2.45. The second-order valence-electron chi connectivity index (χ2n) is 24.3. The zero-order valence-electron chi connectivity index (χ0n) is 43.8. The predicted octanol–water partition coefficient (Wildman–Crippen LogP) is 16.6. The summed E-state index contributed by atoms with van der Waals surface area (Å²) in [5.41, 5.74) is 31.1. The highest BCUT2D eigenvalue weighted by atomic mass is 15.2. The standard InChI is InChI=1S/C69H63BN2/c1-42-38-61-65-62(39-42)72(48-34-28-44(29-35-48)50-21-17-23-54-52-19-13-15-25-56(52)69(10,11)64(50)54)60-41-46(67(5,6)7)30-36-57(60)70(65)58-40-45(66(2,3)4)31-37-59(58)71(61)47-32-26-43(27-33-47)49-20-16-22-53-51-18-12-14-24-55(51)68(8,9)63(49)53/h12-41H,1-11H3. The number of benzene rings is 9. The average Bonchev–Trinajstić information content (AvgIpc) is 3.75. The van der Waals surface area contributed by atoms with Gasteiger partial charge in [-0.25, -0.2) is 0 Å². The van der Waals surface area contributed by atoms with Gasteiger partial charge in [0.2, 0.25) is 0 Å². The highest BCUT2D eigenvalue weighted by Crippen LogP contribution is 2.54. The third-order valence-corrected chi connectivity index (χ3v) is 17.0. The van der Waals surface area contributed by atoms with Gasteiger partial charge in [-0.3, -0.25) is 0 Å². The maximum Gasteiger partial charge on any atom is 0.252 e. The Morgan fingerprint density at radius 2 is 0.806 bits per heavy atom. The maximum absolute atomic E-state index is 2.58. The summed E-state index contributed by atoms with van der Waals surface area (Å²) in [7, 11) is 0. The number of hydrogen-bond acceptors (Lipinski definition) is 2. The third kappa shape index (κ3) is 6.41. The van der Waals surface area contributed by atoms with Crippen molar-refractivity contribution >= 4 is 57.2 Å². The lowest BCUT2D eigenvalue weighted by Crippen LogP contribution is -2.61. The molecule has 0 spiro atoms. The number of fused-ring (bicyclic) bond motifs is 10. The fraction of sp³-hybridized carbons (Fsp3) is 0.217. The van der Waals surface area contributed by atoms with Crippen LogP contribution in [-0.2, 0) is 21.7 Å². The second kappa shape index (κ2) is 15.3. The number of rotatable bonds is 4. The first-order valence-electron chi connectivity index (χ1n) is 26.1. The molecule has 0 unspecified atom stereocenters. The van der Waals surface area contributed by atoms with E-state index in [0.717, 1.165) is 11.4 Å². The SMILES string of the molecule is Cc1cc2c3c(c1)N(c1ccc(-c4cccc5c4C(C)(C)c4ccccc4-5)cc1)c1cc(C(C)(C)C)ccc1B3c1cc(C(C)(C)C)ccc1N2c1ccc(-c2cccc3c2C(C)(C)c2ccccc2-3)cc1. The first kappa shape index (κ1) is 44.6. The quantitative estimate of drug-likeness (QED) is 0.162. The molecule has 2 nitrogen and oxygen atoms in total. The Hall–Kier alpha value is -7.36. The molecule has 4 aliphatic rings. The van der Waals surface area contributed by atoms with Crippen molar-refractivity contribution in [3.8, 4) is 44.5 Å². The van der Waals surface area contributed by atoms with Crippen LogP contribution < -0.4 is 26.2 Å². The molecule has 0 atom stereocenters. The smallest absolute Gasteiger partial charge is 0.252 e. The predicted molar refractivity (Wildman–Crippen MR) is 309 cm³/mol. The van der Waals surface area contributed by atoms with Gasteiger partial charge in [-0.1, -0.05) is 203 Å². The zero-order valence-corrected chi connectivity index (χ0v) is 43.8. The van der Waals surface area contributed by atoms with Crippen LogP contribution in [0.15, 0.2) is 182 Å². The number of hydrogen-bond donors (Lipinski definition) is 0. The molecule has 3 heteroatoms. The van der Waals surface area contributed by atoms with Crippen molar-refractivity contribution in [2.45, 2.75) is 97.8 Å². The summed E-state index contributed by atoms with van der Waals surface area (Å²) in [4.78, 5) is 5.15. The molecule has 0 bridgehead atoms. The van der Waals surface area contributed by atoms with Gasteiger partial charge in [0.15, 0.2) is 0 Å². The van der Waals surface area contributed by atoms with Crippen LogP contribution in [0.25, 0.3) is 44.5 Å². The molecule has 0 N–H and O–H groups in total.